The summed E-state index contributed by atoms with van der Waals surface area (Å²) >= 11 is 0. The minimum Gasteiger partial charge on any atom is -0.359 e. The molecule has 1 aromatic rings. The van der Waals surface area contributed by atoms with Crippen LogP contribution in [-0.2, 0) is 15.6 Å². The molecule has 0 aliphatic heterocycles. The van der Waals surface area contributed by atoms with E-state index in [0.29, 0.717) is 0 Å². The Morgan fingerprint density at radius 3 is 2.04 bits per heavy atom. The summed E-state index contributed by atoms with van der Waals surface area (Å²) in [6, 6.07) is 6.77. The molecule has 23 heavy (non-hydrogen) atoms. The van der Waals surface area contributed by atoms with Gasteiger partial charge >= 0.3 is 0 Å². The van der Waals surface area contributed by atoms with Crippen LogP contribution >= 0.6 is 0 Å². The third-order valence-corrected chi connectivity index (χ3v) is 5.68. The van der Waals surface area contributed by atoms with Crippen molar-refractivity contribution < 1.29 is 4.79 Å². The van der Waals surface area contributed by atoms with Crippen molar-refractivity contribution in [2.24, 2.45) is 0 Å². The molecule has 0 saturated carbocycles. The van der Waals surface area contributed by atoms with Crippen molar-refractivity contribution in [2.45, 2.75) is 84.5 Å². The zero-order chi connectivity index (χ0) is 17.8. The summed E-state index contributed by atoms with van der Waals surface area (Å²) < 4.78 is 0. The molecule has 0 aliphatic carbocycles. The number of hydrogen-bond donors (Lipinski definition) is 1. The van der Waals surface area contributed by atoms with E-state index in [1.54, 1.807) is 7.05 Å². The van der Waals surface area contributed by atoms with Crippen molar-refractivity contribution in [1.82, 2.24) is 5.32 Å². The van der Waals surface area contributed by atoms with Gasteiger partial charge in [0.2, 0.25) is 5.91 Å². The summed E-state index contributed by atoms with van der Waals surface area (Å²) in [6.45, 7) is 15.7. The zero-order valence-corrected chi connectivity index (χ0v) is 16.3. The Hall–Kier alpha value is -1.31. The maximum atomic E-state index is 12.3. The summed E-state index contributed by atoms with van der Waals surface area (Å²) in [6.07, 6.45) is 2.98. The zero-order valence-electron chi connectivity index (χ0n) is 16.3. The molecule has 1 amide bonds. The van der Waals surface area contributed by atoms with Crippen LogP contribution in [0.15, 0.2) is 18.2 Å². The molecule has 0 bridgehead atoms. The molecule has 2 heteroatoms. The minimum atomic E-state index is -0.0698. The van der Waals surface area contributed by atoms with Gasteiger partial charge < -0.3 is 5.32 Å². The molecule has 0 aliphatic rings. The lowest BCUT2D eigenvalue weighted by Gasteiger charge is -2.32. The first-order valence-electron chi connectivity index (χ1n) is 9.01. The average molecular weight is 318 g/mol. The molecular weight excluding hydrogens is 282 g/mol. The van der Waals surface area contributed by atoms with E-state index in [1.807, 2.05) is 0 Å². The predicted molar refractivity (Wildman–Crippen MR) is 100 cm³/mol. The monoisotopic (exact) mass is 317 g/mol. The second-order valence-electron chi connectivity index (χ2n) is 7.85. The van der Waals surface area contributed by atoms with Gasteiger partial charge in [0, 0.05) is 7.05 Å². The van der Waals surface area contributed by atoms with Crippen molar-refractivity contribution >= 4 is 5.91 Å². The van der Waals surface area contributed by atoms with E-state index < -0.39 is 0 Å². The van der Waals surface area contributed by atoms with Gasteiger partial charge in [-0.3, -0.25) is 4.79 Å². The normalized spacial score (nSPS) is 13.7. The number of carbonyl (C=O) groups is 1. The van der Waals surface area contributed by atoms with Gasteiger partial charge in [0.15, 0.2) is 0 Å². The van der Waals surface area contributed by atoms with Crippen LogP contribution in [0.2, 0.25) is 0 Å². The number of rotatable bonds is 7. The first kappa shape index (κ1) is 19.7. The Morgan fingerprint density at radius 1 is 1.04 bits per heavy atom. The van der Waals surface area contributed by atoms with Crippen molar-refractivity contribution in [1.29, 1.82) is 0 Å². The molecule has 0 radical (unpaired) electrons. The van der Waals surface area contributed by atoms with Gasteiger partial charge in [-0.25, -0.2) is 0 Å². The summed E-state index contributed by atoms with van der Waals surface area (Å²) in [5.74, 6) is 0.0442. The molecule has 130 valence electrons. The first-order chi connectivity index (χ1) is 10.6. The molecule has 0 spiro atoms. The summed E-state index contributed by atoms with van der Waals surface area (Å²) in [4.78, 5) is 12.3. The molecule has 0 heterocycles. The van der Waals surface area contributed by atoms with E-state index in [4.69, 9.17) is 0 Å². The molecule has 0 aromatic heterocycles. The Kier molecular flexibility index (Phi) is 6.44. The second kappa shape index (κ2) is 7.51. The number of carbonyl (C=O) groups excluding carboxylic acids is 1. The predicted octanol–water partition coefficient (Wildman–Crippen LogP) is 5.30. The number of likely N-dealkylation sites (N-methyl/N-ethyl adjacent to an activating group) is 1. The fraction of sp³-hybridized carbons (Fsp3) is 0.667. The molecule has 0 saturated heterocycles. The molecule has 0 fully saturated rings. The van der Waals surface area contributed by atoms with Crippen molar-refractivity contribution in [3.8, 4) is 0 Å². The number of nitrogens with one attached hydrogen (secondary N) is 1. The van der Waals surface area contributed by atoms with Crippen LogP contribution in [0.1, 0.15) is 90.3 Å². The van der Waals surface area contributed by atoms with Gasteiger partial charge in [-0.1, -0.05) is 66.7 Å². The first-order valence-corrected chi connectivity index (χ1v) is 9.01. The Bertz CT molecular complexity index is 543. The standard InChI is InChI=1S/C21H35NO/c1-9-16(19(23)22-8)17-13-12-15(20(4,5)10-2)14-18(17)21(6,7)11-3/h12-14,16H,9-11H2,1-8H3,(H,22,23). The Labute approximate surface area is 143 Å². The summed E-state index contributed by atoms with van der Waals surface area (Å²) in [7, 11) is 1.73. The van der Waals surface area contributed by atoms with Gasteiger partial charge in [0.25, 0.3) is 0 Å². The summed E-state index contributed by atoms with van der Waals surface area (Å²) in [5, 5.41) is 2.83. The van der Waals surface area contributed by atoms with Crippen molar-refractivity contribution in [3.63, 3.8) is 0 Å². The largest absolute Gasteiger partial charge is 0.359 e. The minimum absolute atomic E-state index is 0.0661. The van der Waals surface area contributed by atoms with E-state index in [2.05, 4.69) is 72.0 Å². The Morgan fingerprint density at radius 2 is 1.61 bits per heavy atom. The van der Waals surface area contributed by atoms with Crippen molar-refractivity contribution in [3.05, 3.63) is 34.9 Å². The Balaban J connectivity index is 3.56. The third-order valence-electron chi connectivity index (χ3n) is 5.68. The molecule has 1 rings (SSSR count). The van der Waals surface area contributed by atoms with Gasteiger partial charge in [-0.05, 0) is 46.8 Å². The maximum Gasteiger partial charge on any atom is 0.227 e. The highest BCUT2D eigenvalue weighted by molar-refractivity contribution is 5.83. The van der Waals surface area contributed by atoms with Crippen molar-refractivity contribution in [2.75, 3.05) is 7.05 Å². The highest BCUT2D eigenvalue weighted by atomic mass is 16.1. The van der Waals surface area contributed by atoms with Crippen LogP contribution in [0.3, 0.4) is 0 Å². The summed E-state index contributed by atoms with van der Waals surface area (Å²) in [5.41, 5.74) is 4.11. The average Bonchev–Trinajstić information content (AvgIpc) is 2.55. The van der Waals surface area contributed by atoms with E-state index in [1.165, 1.54) is 16.7 Å². The van der Waals surface area contributed by atoms with E-state index in [0.717, 1.165) is 19.3 Å². The molecule has 2 nitrogen and oxygen atoms in total. The number of benzene rings is 1. The maximum absolute atomic E-state index is 12.3. The van der Waals surface area contributed by atoms with Gasteiger partial charge in [0.05, 0.1) is 5.92 Å². The molecule has 1 N–H and O–H groups in total. The molecular formula is C21H35NO. The van der Waals surface area contributed by atoms with Crippen LogP contribution in [0.25, 0.3) is 0 Å². The lowest BCUT2D eigenvalue weighted by Crippen LogP contribution is -2.29. The smallest absolute Gasteiger partial charge is 0.227 e. The number of amides is 1. The van der Waals surface area contributed by atoms with Crippen LogP contribution in [-0.4, -0.2) is 13.0 Å². The van der Waals surface area contributed by atoms with Crippen LogP contribution in [0.4, 0.5) is 0 Å². The van der Waals surface area contributed by atoms with E-state index >= 15 is 0 Å². The second-order valence-corrected chi connectivity index (χ2v) is 7.85. The van der Waals surface area contributed by atoms with Gasteiger partial charge in [-0.2, -0.15) is 0 Å². The van der Waals surface area contributed by atoms with Crippen LogP contribution in [0.5, 0.6) is 0 Å². The highest BCUT2D eigenvalue weighted by Crippen LogP contribution is 2.38. The topological polar surface area (TPSA) is 29.1 Å². The SMILES string of the molecule is CCC(C(=O)NC)c1ccc(C(C)(C)CC)cc1C(C)(C)CC. The molecule has 1 unspecified atom stereocenters. The van der Waals surface area contributed by atoms with E-state index in [9.17, 15) is 4.79 Å². The quantitative estimate of drug-likeness (QED) is 0.726. The fourth-order valence-corrected chi connectivity index (χ4v) is 2.98. The number of hydrogen-bond acceptors (Lipinski definition) is 1. The van der Waals surface area contributed by atoms with Gasteiger partial charge in [0.1, 0.15) is 0 Å². The fourth-order valence-electron chi connectivity index (χ4n) is 2.98. The van der Waals surface area contributed by atoms with E-state index in [-0.39, 0.29) is 22.7 Å². The molecule has 1 aromatic carbocycles. The van der Waals surface area contributed by atoms with Crippen LogP contribution in [0, 0.1) is 0 Å². The molecule has 1 atom stereocenters. The van der Waals surface area contributed by atoms with Gasteiger partial charge in [-0.15, -0.1) is 0 Å². The lowest BCUT2D eigenvalue weighted by atomic mass is 9.72. The highest BCUT2D eigenvalue weighted by Gasteiger charge is 2.30. The lowest BCUT2D eigenvalue weighted by molar-refractivity contribution is -0.122. The van der Waals surface area contributed by atoms with Crippen LogP contribution < -0.4 is 5.32 Å². The third kappa shape index (κ3) is 4.16.